The molecule has 2 N–H and O–H groups in total. The summed E-state index contributed by atoms with van der Waals surface area (Å²) in [7, 11) is 0. The molecule has 1 aliphatic carbocycles. The molecule has 43 valence electrons. The highest BCUT2D eigenvalue weighted by atomic mass is 79.9. The molecule has 0 aromatic rings. The Morgan fingerprint density at radius 1 is 1.50 bits per heavy atom. The zero-order valence-corrected chi connectivity index (χ0v) is 5.98. The highest BCUT2D eigenvalue weighted by molar-refractivity contribution is 9.11. The van der Waals surface area contributed by atoms with Crippen LogP contribution < -0.4 is 5.73 Å². The van der Waals surface area contributed by atoms with Crippen LogP contribution in [0.3, 0.4) is 0 Å². The van der Waals surface area contributed by atoms with E-state index in [0.29, 0.717) is 0 Å². The van der Waals surface area contributed by atoms with Gasteiger partial charge in [-0.3, -0.25) is 0 Å². The van der Waals surface area contributed by atoms with Crippen molar-refractivity contribution in [2.75, 3.05) is 0 Å². The van der Waals surface area contributed by atoms with E-state index < -0.39 is 0 Å². The fourth-order valence-corrected chi connectivity index (χ4v) is 0.832. The molecule has 1 rings (SSSR count). The summed E-state index contributed by atoms with van der Waals surface area (Å²) < 4.78 is 1.19. The number of rotatable bonds is 0. The third-order valence-corrected chi connectivity index (χ3v) is 1.58. The van der Waals surface area contributed by atoms with Crippen molar-refractivity contribution in [1.82, 2.24) is 0 Å². The van der Waals surface area contributed by atoms with Gasteiger partial charge in [-0.05, 0) is 17.0 Å². The van der Waals surface area contributed by atoms with Crippen molar-refractivity contribution in [2.24, 2.45) is 5.73 Å². The summed E-state index contributed by atoms with van der Waals surface area (Å²) in [5, 5.41) is 0. The Morgan fingerprint density at radius 3 is 2.62 bits per heavy atom. The maximum absolute atomic E-state index is 5.44. The number of allylic oxidation sites excluding steroid dienone is 4. The Morgan fingerprint density at radius 2 is 2.25 bits per heavy atom. The second-order valence-electron chi connectivity index (χ2n) is 1.69. The Hall–Kier alpha value is -0.240. The van der Waals surface area contributed by atoms with E-state index in [1.54, 1.807) is 0 Å². The van der Waals surface area contributed by atoms with Gasteiger partial charge in [0, 0.05) is 12.1 Å². The van der Waals surface area contributed by atoms with Crippen LogP contribution in [-0.2, 0) is 0 Å². The highest BCUT2D eigenvalue weighted by Gasteiger charge is 1.98. The number of halogens is 1. The maximum atomic E-state index is 5.44. The molecule has 0 aromatic heterocycles. The number of nitrogens with two attached hydrogens (primary N) is 1. The van der Waals surface area contributed by atoms with Gasteiger partial charge in [0.15, 0.2) is 0 Å². The minimum Gasteiger partial charge on any atom is -0.402 e. The van der Waals surface area contributed by atoms with Crippen LogP contribution in [0, 0.1) is 6.42 Å². The summed E-state index contributed by atoms with van der Waals surface area (Å²) in [6, 6.07) is 0. The van der Waals surface area contributed by atoms with Crippen molar-refractivity contribution in [1.29, 1.82) is 0 Å². The van der Waals surface area contributed by atoms with E-state index in [-0.39, 0.29) is 0 Å². The van der Waals surface area contributed by atoms with Gasteiger partial charge in [0.1, 0.15) is 0 Å². The number of hydrogen-bond acceptors (Lipinski definition) is 1. The van der Waals surface area contributed by atoms with Crippen molar-refractivity contribution in [3.05, 3.63) is 28.8 Å². The lowest BCUT2D eigenvalue weighted by molar-refractivity contribution is 1.14. The first-order chi connectivity index (χ1) is 3.79. The molecule has 0 atom stereocenters. The predicted octanol–water partition coefficient (Wildman–Crippen LogP) is 1.72. The SMILES string of the molecule is NC1=CC=C(Br)C[CH]1. The average molecular weight is 173 g/mol. The molecule has 0 amide bonds. The van der Waals surface area contributed by atoms with Crippen LogP contribution in [0.5, 0.6) is 0 Å². The topological polar surface area (TPSA) is 26.0 Å². The van der Waals surface area contributed by atoms with Crippen LogP contribution in [0.25, 0.3) is 0 Å². The van der Waals surface area contributed by atoms with Crippen molar-refractivity contribution < 1.29 is 0 Å². The Balaban J connectivity index is 2.65. The van der Waals surface area contributed by atoms with Crippen molar-refractivity contribution in [2.45, 2.75) is 6.42 Å². The Kier molecular flexibility index (Phi) is 1.73. The first-order valence-corrected chi connectivity index (χ1v) is 3.23. The fourth-order valence-electron chi connectivity index (χ4n) is 0.538. The molecule has 0 aromatic carbocycles. The van der Waals surface area contributed by atoms with Gasteiger partial charge in [0.05, 0.1) is 0 Å². The molecule has 8 heavy (non-hydrogen) atoms. The lowest BCUT2D eigenvalue weighted by atomic mass is 10.1. The minimum absolute atomic E-state index is 0.855. The molecule has 2 heteroatoms. The quantitative estimate of drug-likeness (QED) is 0.592. The molecular formula is C6H7BrN. The van der Waals surface area contributed by atoms with E-state index in [1.165, 1.54) is 4.48 Å². The maximum Gasteiger partial charge on any atom is 0.0123 e. The van der Waals surface area contributed by atoms with Crippen LogP contribution in [-0.4, -0.2) is 0 Å². The van der Waals surface area contributed by atoms with E-state index in [9.17, 15) is 0 Å². The third-order valence-electron chi connectivity index (χ3n) is 0.989. The van der Waals surface area contributed by atoms with Crippen molar-refractivity contribution in [3.63, 3.8) is 0 Å². The van der Waals surface area contributed by atoms with Crippen LogP contribution in [0.4, 0.5) is 0 Å². The zero-order chi connectivity index (χ0) is 5.98. The smallest absolute Gasteiger partial charge is 0.0123 e. The van der Waals surface area contributed by atoms with Crippen LogP contribution in [0.15, 0.2) is 22.3 Å². The van der Waals surface area contributed by atoms with Gasteiger partial charge in [-0.1, -0.05) is 22.0 Å². The summed E-state index contributed by atoms with van der Waals surface area (Å²) in [6.45, 7) is 0. The van der Waals surface area contributed by atoms with Gasteiger partial charge in [0.2, 0.25) is 0 Å². The first-order valence-electron chi connectivity index (χ1n) is 2.44. The van der Waals surface area contributed by atoms with Crippen molar-refractivity contribution >= 4 is 15.9 Å². The van der Waals surface area contributed by atoms with Gasteiger partial charge < -0.3 is 5.73 Å². The van der Waals surface area contributed by atoms with Gasteiger partial charge in [0.25, 0.3) is 0 Å². The number of hydrogen-bond donors (Lipinski definition) is 1. The largest absolute Gasteiger partial charge is 0.402 e. The normalized spacial score (nSPS) is 19.6. The monoisotopic (exact) mass is 172 g/mol. The lowest BCUT2D eigenvalue weighted by Gasteiger charge is -2.03. The Labute approximate surface area is 57.4 Å². The third kappa shape index (κ3) is 1.37. The van der Waals surface area contributed by atoms with Gasteiger partial charge >= 0.3 is 0 Å². The summed E-state index contributed by atoms with van der Waals surface area (Å²) in [6.07, 6.45) is 6.76. The standard InChI is InChI=1S/C6H7BrN/c7-5-1-3-6(8)4-2-5/h1,3-4H,2,8H2. The molecule has 0 fully saturated rings. The van der Waals surface area contributed by atoms with E-state index in [1.807, 2.05) is 18.6 Å². The van der Waals surface area contributed by atoms with E-state index in [0.717, 1.165) is 12.1 Å². The summed E-state index contributed by atoms with van der Waals surface area (Å²) in [5.74, 6) is 0. The summed E-state index contributed by atoms with van der Waals surface area (Å²) in [5.41, 5.74) is 6.29. The molecule has 1 aliphatic rings. The molecule has 0 saturated carbocycles. The summed E-state index contributed by atoms with van der Waals surface area (Å²) >= 11 is 3.35. The molecule has 0 aliphatic heterocycles. The van der Waals surface area contributed by atoms with Crippen LogP contribution in [0.2, 0.25) is 0 Å². The molecule has 0 heterocycles. The minimum atomic E-state index is 0.855. The predicted molar refractivity (Wildman–Crippen MR) is 38.2 cm³/mol. The molecule has 1 nitrogen and oxygen atoms in total. The molecule has 0 saturated heterocycles. The van der Waals surface area contributed by atoms with Crippen LogP contribution in [0.1, 0.15) is 6.42 Å². The zero-order valence-electron chi connectivity index (χ0n) is 4.39. The van der Waals surface area contributed by atoms with Crippen LogP contribution >= 0.6 is 15.9 Å². The van der Waals surface area contributed by atoms with E-state index >= 15 is 0 Å². The van der Waals surface area contributed by atoms with Crippen molar-refractivity contribution in [3.8, 4) is 0 Å². The van der Waals surface area contributed by atoms with Gasteiger partial charge in [-0.25, -0.2) is 0 Å². The van der Waals surface area contributed by atoms with E-state index in [2.05, 4.69) is 15.9 Å². The molecule has 0 bridgehead atoms. The lowest BCUT2D eigenvalue weighted by Crippen LogP contribution is -1.99. The molecular weight excluding hydrogens is 166 g/mol. The first kappa shape index (κ1) is 5.89. The van der Waals surface area contributed by atoms with E-state index in [4.69, 9.17) is 5.73 Å². The second-order valence-corrected chi connectivity index (χ2v) is 2.71. The summed E-state index contributed by atoms with van der Waals surface area (Å²) in [4.78, 5) is 0. The fraction of sp³-hybridized carbons (Fsp3) is 0.167. The van der Waals surface area contributed by atoms with Gasteiger partial charge in [-0.2, -0.15) is 0 Å². The Bertz CT molecular complexity index is 129. The average Bonchev–Trinajstić information content (AvgIpc) is 1.77. The molecule has 0 unspecified atom stereocenters. The second kappa shape index (κ2) is 2.35. The highest BCUT2D eigenvalue weighted by Crippen LogP contribution is 2.18. The molecule has 1 radical (unpaired) electrons. The van der Waals surface area contributed by atoms with Gasteiger partial charge in [-0.15, -0.1) is 0 Å². The molecule has 0 spiro atoms.